The highest BCUT2D eigenvalue weighted by Crippen LogP contribution is 2.36. The molecule has 1 aliphatic rings. The molecule has 1 aromatic carbocycles. The second-order valence-corrected chi connectivity index (χ2v) is 5.52. The van der Waals surface area contributed by atoms with Gasteiger partial charge in [0.1, 0.15) is 6.26 Å². The van der Waals surface area contributed by atoms with Crippen molar-refractivity contribution in [3.63, 3.8) is 0 Å². The van der Waals surface area contributed by atoms with E-state index in [9.17, 15) is 0 Å². The van der Waals surface area contributed by atoms with E-state index in [-0.39, 0.29) is 0 Å². The zero-order valence-corrected chi connectivity index (χ0v) is 10.2. The molecule has 0 amide bonds. The van der Waals surface area contributed by atoms with Crippen molar-refractivity contribution in [2.24, 2.45) is 0 Å². The minimum atomic E-state index is 0.638. The molecule has 0 saturated carbocycles. The summed E-state index contributed by atoms with van der Waals surface area (Å²) < 4.78 is 4.79. The summed E-state index contributed by atoms with van der Waals surface area (Å²) in [4.78, 5) is 1.43. The Morgan fingerprint density at radius 2 is 2.29 bits per heavy atom. The fourth-order valence-corrected chi connectivity index (χ4v) is 3.34. The number of benzene rings is 1. The summed E-state index contributed by atoms with van der Waals surface area (Å²) in [5.74, 6) is 0. The highest BCUT2D eigenvalue weighted by Gasteiger charge is 2.21. The first-order chi connectivity index (χ1) is 8.42. The lowest BCUT2D eigenvalue weighted by Gasteiger charge is -2.08. The van der Waals surface area contributed by atoms with Gasteiger partial charge in [-0.1, -0.05) is 23.4 Å². The second-order valence-electron chi connectivity index (χ2n) is 4.17. The van der Waals surface area contributed by atoms with Gasteiger partial charge in [-0.25, -0.2) is 0 Å². The highest BCUT2D eigenvalue weighted by molar-refractivity contribution is 8.00. The van der Waals surface area contributed by atoms with Crippen LogP contribution in [0.3, 0.4) is 0 Å². The average molecular weight is 246 g/mol. The van der Waals surface area contributed by atoms with Crippen LogP contribution in [0.15, 0.2) is 46.0 Å². The molecule has 0 radical (unpaired) electrons. The van der Waals surface area contributed by atoms with Crippen LogP contribution in [0.25, 0.3) is 0 Å². The van der Waals surface area contributed by atoms with E-state index in [0.29, 0.717) is 5.25 Å². The van der Waals surface area contributed by atoms with Gasteiger partial charge in [-0.05, 0) is 18.1 Å². The third-order valence-corrected chi connectivity index (χ3v) is 4.20. The first-order valence-electron chi connectivity index (χ1n) is 5.76. The molecule has 2 aromatic rings. The van der Waals surface area contributed by atoms with Crippen LogP contribution in [0.5, 0.6) is 0 Å². The van der Waals surface area contributed by atoms with Gasteiger partial charge in [0, 0.05) is 29.3 Å². The monoisotopic (exact) mass is 246 g/mol. The lowest BCUT2D eigenvalue weighted by atomic mass is 10.1. The molecule has 0 saturated heterocycles. The number of aromatic nitrogens is 1. The summed E-state index contributed by atoms with van der Waals surface area (Å²) in [5, 5.41) is 7.94. The van der Waals surface area contributed by atoms with E-state index < -0.39 is 0 Å². The predicted molar refractivity (Wildman–Crippen MR) is 68.0 cm³/mol. The predicted octanol–water partition coefficient (Wildman–Crippen LogP) is 2.48. The summed E-state index contributed by atoms with van der Waals surface area (Å²) in [7, 11) is 0. The van der Waals surface area contributed by atoms with E-state index in [1.165, 1.54) is 10.5 Å². The van der Waals surface area contributed by atoms with Gasteiger partial charge < -0.3 is 9.84 Å². The molecule has 88 valence electrons. The van der Waals surface area contributed by atoms with Gasteiger partial charge in [0.05, 0.1) is 5.69 Å². The molecule has 2 heterocycles. The number of hydrogen-bond donors (Lipinski definition) is 1. The molecule has 3 rings (SSSR count). The molecule has 1 N–H and O–H groups in total. The van der Waals surface area contributed by atoms with Crippen LogP contribution < -0.4 is 5.32 Å². The lowest BCUT2D eigenvalue weighted by Crippen LogP contribution is -2.24. The van der Waals surface area contributed by atoms with Gasteiger partial charge in [0.25, 0.3) is 0 Å². The molecule has 0 bridgehead atoms. The Hall–Kier alpha value is -1.26. The van der Waals surface area contributed by atoms with E-state index in [0.717, 1.165) is 25.2 Å². The van der Waals surface area contributed by atoms with E-state index in [4.69, 9.17) is 4.52 Å². The van der Waals surface area contributed by atoms with Crippen LogP contribution in [0.1, 0.15) is 11.3 Å². The molecule has 1 aromatic heterocycles. The van der Waals surface area contributed by atoms with Crippen molar-refractivity contribution in [3.05, 3.63) is 47.9 Å². The van der Waals surface area contributed by atoms with Crippen molar-refractivity contribution in [1.29, 1.82) is 0 Å². The Morgan fingerprint density at radius 3 is 3.12 bits per heavy atom. The second kappa shape index (κ2) is 4.94. The fourth-order valence-electron chi connectivity index (χ4n) is 2.06. The normalized spacial score (nSPS) is 18.2. The SMILES string of the molecule is c1ccc2c(c1)CC(CNCc1ccon1)S2. The summed E-state index contributed by atoms with van der Waals surface area (Å²) >= 11 is 1.97. The maximum absolute atomic E-state index is 4.79. The molecule has 1 unspecified atom stereocenters. The summed E-state index contributed by atoms with van der Waals surface area (Å²) in [6.45, 7) is 1.79. The topological polar surface area (TPSA) is 38.1 Å². The zero-order chi connectivity index (χ0) is 11.5. The first-order valence-corrected chi connectivity index (χ1v) is 6.64. The van der Waals surface area contributed by atoms with Crippen LogP contribution >= 0.6 is 11.8 Å². The van der Waals surface area contributed by atoms with Crippen molar-refractivity contribution in [3.8, 4) is 0 Å². The minimum Gasteiger partial charge on any atom is -0.364 e. The Balaban J connectivity index is 1.49. The fraction of sp³-hybridized carbons (Fsp3) is 0.308. The van der Waals surface area contributed by atoms with Crippen molar-refractivity contribution in [2.75, 3.05) is 6.54 Å². The molecular weight excluding hydrogens is 232 g/mol. The Labute approximate surface area is 105 Å². The van der Waals surface area contributed by atoms with Crippen molar-refractivity contribution >= 4 is 11.8 Å². The lowest BCUT2D eigenvalue weighted by molar-refractivity contribution is 0.408. The molecule has 0 aliphatic carbocycles. The third kappa shape index (κ3) is 2.53. The number of rotatable bonds is 4. The van der Waals surface area contributed by atoms with Crippen molar-refractivity contribution < 1.29 is 4.52 Å². The standard InChI is InChI=1S/C13H14N2OS/c1-2-4-13-10(3-1)7-12(17-13)9-14-8-11-5-6-16-15-11/h1-6,12,14H,7-9H2. The molecule has 3 nitrogen and oxygen atoms in total. The Kier molecular flexibility index (Phi) is 3.16. The van der Waals surface area contributed by atoms with Gasteiger partial charge in [0.2, 0.25) is 0 Å². The van der Waals surface area contributed by atoms with Gasteiger partial charge in [-0.15, -0.1) is 11.8 Å². The summed E-state index contributed by atoms with van der Waals surface area (Å²) in [6.07, 6.45) is 2.77. The number of fused-ring (bicyclic) bond motifs is 1. The molecule has 17 heavy (non-hydrogen) atoms. The number of hydrogen-bond acceptors (Lipinski definition) is 4. The van der Waals surface area contributed by atoms with Gasteiger partial charge in [-0.2, -0.15) is 0 Å². The van der Waals surface area contributed by atoms with E-state index >= 15 is 0 Å². The minimum absolute atomic E-state index is 0.638. The quantitative estimate of drug-likeness (QED) is 0.899. The zero-order valence-electron chi connectivity index (χ0n) is 9.43. The van der Waals surface area contributed by atoms with E-state index in [2.05, 4.69) is 34.7 Å². The van der Waals surface area contributed by atoms with Crippen LogP contribution in [0.4, 0.5) is 0 Å². The van der Waals surface area contributed by atoms with Crippen LogP contribution in [0, 0.1) is 0 Å². The number of thioether (sulfide) groups is 1. The van der Waals surface area contributed by atoms with Gasteiger partial charge in [0.15, 0.2) is 0 Å². The van der Waals surface area contributed by atoms with Crippen LogP contribution in [-0.2, 0) is 13.0 Å². The Bertz CT molecular complexity index is 459. The third-order valence-electron chi connectivity index (χ3n) is 2.88. The number of nitrogens with zero attached hydrogens (tertiary/aromatic N) is 1. The first kappa shape index (κ1) is 10.9. The average Bonchev–Trinajstić information content (AvgIpc) is 2.96. The maximum Gasteiger partial charge on any atom is 0.124 e. The largest absolute Gasteiger partial charge is 0.364 e. The van der Waals surface area contributed by atoms with Crippen LogP contribution in [-0.4, -0.2) is 17.0 Å². The molecule has 0 fully saturated rings. The van der Waals surface area contributed by atoms with E-state index in [1.54, 1.807) is 6.26 Å². The van der Waals surface area contributed by atoms with Crippen LogP contribution in [0.2, 0.25) is 0 Å². The maximum atomic E-state index is 4.79. The number of nitrogens with one attached hydrogen (secondary N) is 1. The van der Waals surface area contributed by atoms with Crippen molar-refractivity contribution in [1.82, 2.24) is 10.5 Å². The highest BCUT2D eigenvalue weighted by atomic mass is 32.2. The molecular formula is C13H14N2OS. The summed E-state index contributed by atoms with van der Waals surface area (Å²) in [5.41, 5.74) is 2.44. The Morgan fingerprint density at radius 1 is 1.35 bits per heavy atom. The van der Waals surface area contributed by atoms with Crippen molar-refractivity contribution in [2.45, 2.75) is 23.1 Å². The van der Waals surface area contributed by atoms with Gasteiger partial charge in [-0.3, -0.25) is 0 Å². The molecule has 1 aliphatic heterocycles. The van der Waals surface area contributed by atoms with E-state index in [1.807, 2.05) is 17.8 Å². The summed E-state index contributed by atoms with van der Waals surface area (Å²) in [6, 6.07) is 10.5. The molecule has 0 spiro atoms. The smallest absolute Gasteiger partial charge is 0.124 e. The molecule has 1 atom stereocenters. The molecule has 4 heteroatoms. The van der Waals surface area contributed by atoms with Gasteiger partial charge >= 0.3 is 0 Å².